The molecule has 0 aromatic carbocycles. The Morgan fingerprint density at radius 3 is 2.65 bits per heavy atom. The molecule has 1 saturated carbocycles. The first-order valence-electron chi connectivity index (χ1n) is 6.59. The second-order valence-corrected chi connectivity index (χ2v) is 4.96. The molecular weight excluding hydrogens is 212 g/mol. The molecular formula is C14H22N2O. The molecule has 0 spiro atoms. The molecule has 1 N–H and O–H groups in total. The molecule has 1 aliphatic carbocycles. The first-order valence-corrected chi connectivity index (χ1v) is 6.59. The Hall–Kier alpha value is -1.09. The summed E-state index contributed by atoms with van der Waals surface area (Å²) in [7, 11) is 0. The fraction of sp³-hybridized carbons (Fsp3) is 0.643. The van der Waals surface area contributed by atoms with Gasteiger partial charge >= 0.3 is 0 Å². The van der Waals surface area contributed by atoms with Crippen LogP contribution in [0.4, 0.5) is 5.82 Å². The van der Waals surface area contributed by atoms with Crippen LogP contribution in [0.5, 0.6) is 0 Å². The summed E-state index contributed by atoms with van der Waals surface area (Å²) in [4.78, 5) is 6.78. The third-order valence-corrected chi connectivity index (χ3v) is 3.66. The molecule has 0 aliphatic heterocycles. The zero-order valence-corrected chi connectivity index (χ0v) is 10.8. The molecule has 1 aromatic rings. The molecule has 0 amide bonds. The number of nitrogens with zero attached hydrogens (tertiary/aromatic N) is 2. The molecule has 1 fully saturated rings. The Labute approximate surface area is 103 Å². The Bertz CT molecular complexity index is 344. The van der Waals surface area contributed by atoms with Crippen LogP contribution < -0.4 is 4.90 Å². The number of hydrogen-bond donors (Lipinski definition) is 1. The van der Waals surface area contributed by atoms with Crippen molar-refractivity contribution in [2.75, 3.05) is 18.0 Å². The van der Waals surface area contributed by atoms with Gasteiger partial charge in [-0.1, -0.05) is 12.5 Å². The van der Waals surface area contributed by atoms with Gasteiger partial charge < -0.3 is 10.0 Å². The van der Waals surface area contributed by atoms with Crippen LogP contribution in [0.25, 0.3) is 0 Å². The molecule has 17 heavy (non-hydrogen) atoms. The fourth-order valence-corrected chi connectivity index (χ4v) is 2.20. The normalized spacial score (nSPS) is 17.6. The van der Waals surface area contributed by atoms with Gasteiger partial charge in [0.15, 0.2) is 0 Å². The Kier molecular flexibility index (Phi) is 4.00. The topological polar surface area (TPSA) is 36.4 Å². The number of aliphatic hydroxyl groups is 1. The second kappa shape index (κ2) is 5.50. The Morgan fingerprint density at radius 1 is 1.47 bits per heavy atom. The minimum atomic E-state index is -0.432. The van der Waals surface area contributed by atoms with E-state index < -0.39 is 6.10 Å². The van der Waals surface area contributed by atoms with Gasteiger partial charge in [-0.25, -0.2) is 4.98 Å². The minimum Gasteiger partial charge on any atom is -0.389 e. The highest BCUT2D eigenvalue weighted by Crippen LogP contribution is 2.28. The lowest BCUT2D eigenvalue weighted by Crippen LogP contribution is -2.32. The predicted octanol–water partition coefficient (Wildman–Crippen LogP) is 2.76. The quantitative estimate of drug-likeness (QED) is 0.851. The van der Waals surface area contributed by atoms with Crippen LogP contribution in [0.3, 0.4) is 0 Å². The summed E-state index contributed by atoms with van der Waals surface area (Å²) in [5, 5.41) is 9.45. The van der Waals surface area contributed by atoms with E-state index in [2.05, 4.69) is 16.8 Å². The van der Waals surface area contributed by atoms with Crippen LogP contribution in [0.2, 0.25) is 0 Å². The van der Waals surface area contributed by atoms with Crippen molar-refractivity contribution in [3.8, 4) is 0 Å². The van der Waals surface area contributed by atoms with Crippen molar-refractivity contribution in [2.45, 2.75) is 39.2 Å². The van der Waals surface area contributed by atoms with Gasteiger partial charge in [-0.15, -0.1) is 0 Å². The summed E-state index contributed by atoms with van der Waals surface area (Å²) in [6.45, 7) is 6.06. The van der Waals surface area contributed by atoms with Crippen LogP contribution in [0.1, 0.15) is 44.8 Å². The van der Waals surface area contributed by atoms with Crippen LogP contribution in [-0.2, 0) is 0 Å². The fourth-order valence-electron chi connectivity index (χ4n) is 2.20. The molecule has 1 unspecified atom stereocenters. The Morgan fingerprint density at radius 2 is 2.24 bits per heavy atom. The number of anilines is 1. The SMILES string of the molecule is CCN(CC1CCC1)c1ccc(C(C)O)cn1. The summed E-state index contributed by atoms with van der Waals surface area (Å²) < 4.78 is 0. The summed E-state index contributed by atoms with van der Waals surface area (Å²) in [6.07, 6.45) is 5.46. The number of aromatic nitrogens is 1. The van der Waals surface area contributed by atoms with E-state index in [-0.39, 0.29) is 0 Å². The van der Waals surface area contributed by atoms with E-state index in [4.69, 9.17) is 0 Å². The smallest absolute Gasteiger partial charge is 0.128 e. The molecule has 3 nitrogen and oxygen atoms in total. The van der Waals surface area contributed by atoms with Crippen molar-refractivity contribution in [3.05, 3.63) is 23.9 Å². The largest absolute Gasteiger partial charge is 0.389 e. The summed E-state index contributed by atoms with van der Waals surface area (Å²) in [5.41, 5.74) is 0.883. The lowest BCUT2D eigenvalue weighted by molar-refractivity contribution is 0.199. The molecule has 1 heterocycles. The van der Waals surface area contributed by atoms with E-state index >= 15 is 0 Å². The maximum atomic E-state index is 9.45. The molecule has 1 aromatic heterocycles. The van der Waals surface area contributed by atoms with Crippen molar-refractivity contribution < 1.29 is 5.11 Å². The van der Waals surface area contributed by atoms with Gasteiger partial charge in [0.1, 0.15) is 5.82 Å². The van der Waals surface area contributed by atoms with Crippen molar-refractivity contribution in [3.63, 3.8) is 0 Å². The lowest BCUT2D eigenvalue weighted by atomic mass is 9.85. The third kappa shape index (κ3) is 2.97. The predicted molar refractivity (Wildman–Crippen MR) is 70.1 cm³/mol. The summed E-state index contributed by atoms with van der Waals surface area (Å²) >= 11 is 0. The lowest BCUT2D eigenvalue weighted by Gasteiger charge is -2.32. The number of aliphatic hydroxyl groups excluding tert-OH is 1. The van der Waals surface area contributed by atoms with E-state index in [0.717, 1.165) is 30.4 Å². The first-order chi connectivity index (χ1) is 8.20. The zero-order chi connectivity index (χ0) is 12.3. The highest BCUT2D eigenvalue weighted by Gasteiger charge is 2.20. The van der Waals surface area contributed by atoms with Crippen LogP contribution in [-0.4, -0.2) is 23.2 Å². The van der Waals surface area contributed by atoms with Crippen LogP contribution >= 0.6 is 0 Å². The zero-order valence-electron chi connectivity index (χ0n) is 10.8. The van der Waals surface area contributed by atoms with E-state index in [9.17, 15) is 5.11 Å². The molecule has 2 rings (SSSR count). The van der Waals surface area contributed by atoms with Crippen molar-refractivity contribution in [1.82, 2.24) is 4.98 Å². The first kappa shape index (κ1) is 12.4. The monoisotopic (exact) mass is 234 g/mol. The maximum absolute atomic E-state index is 9.45. The van der Waals surface area contributed by atoms with E-state index in [0.29, 0.717) is 0 Å². The number of rotatable bonds is 5. The van der Waals surface area contributed by atoms with Crippen molar-refractivity contribution in [2.24, 2.45) is 5.92 Å². The van der Waals surface area contributed by atoms with E-state index in [1.165, 1.54) is 19.3 Å². The average Bonchev–Trinajstić information content (AvgIpc) is 2.28. The van der Waals surface area contributed by atoms with Gasteiger partial charge in [0.25, 0.3) is 0 Å². The van der Waals surface area contributed by atoms with Gasteiger partial charge in [-0.05, 0) is 44.2 Å². The molecule has 94 valence electrons. The van der Waals surface area contributed by atoms with Crippen molar-refractivity contribution >= 4 is 5.82 Å². The minimum absolute atomic E-state index is 0.432. The standard InChI is InChI=1S/C14H22N2O/c1-3-16(10-12-5-4-6-12)14-8-7-13(9-15-14)11(2)17/h7-9,11-12,17H,3-6,10H2,1-2H3. The highest BCUT2D eigenvalue weighted by atomic mass is 16.3. The molecule has 1 aliphatic rings. The highest BCUT2D eigenvalue weighted by molar-refractivity contribution is 5.39. The maximum Gasteiger partial charge on any atom is 0.128 e. The molecule has 1 atom stereocenters. The van der Waals surface area contributed by atoms with Crippen molar-refractivity contribution in [1.29, 1.82) is 0 Å². The summed E-state index contributed by atoms with van der Waals surface area (Å²) in [6, 6.07) is 3.99. The number of pyridine rings is 1. The van der Waals surface area contributed by atoms with Gasteiger partial charge in [-0.3, -0.25) is 0 Å². The molecule has 3 heteroatoms. The number of hydrogen-bond acceptors (Lipinski definition) is 3. The van der Waals surface area contributed by atoms with Gasteiger partial charge in [0.05, 0.1) is 6.10 Å². The van der Waals surface area contributed by atoms with E-state index in [1.54, 1.807) is 13.1 Å². The molecule has 0 radical (unpaired) electrons. The second-order valence-electron chi connectivity index (χ2n) is 4.96. The summed E-state index contributed by atoms with van der Waals surface area (Å²) in [5.74, 6) is 1.89. The van der Waals surface area contributed by atoms with Crippen LogP contribution in [0.15, 0.2) is 18.3 Å². The molecule has 0 saturated heterocycles. The van der Waals surface area contributed by atoms with Gasteiger partial charge in [0, 0.05) is 19.3 Å². The van der Waals surface area contributed by atoms with Crippen LogP contribution in [0, 0.1) is 5.92 Å². The molecule has 0 bridgehead atoms. The van der Waals surface area contributed by atoms with Gasteiger partial charge in [-0.2, -0.15) is 0 Å². The Balaban J connectivity index is 2.02. The average molecular weight is 234 g/mol. The van der Waals surface area contributed by atoms with E-state index in [1.807, 2.05) is 12.1 Å². The third-order valence-electron chi connectivity index (χ3n) is 3.66. The van der Waals surface area contributed by atoms with Gasteiger partial charge in [0.2, 0.25) is 0 Å².